The fourth-order valence-corrected chi connectivity index (χ4v) is 1.52. The van der Waals surface area contributed by atoms with Gasteiger partial charge in [-0.05, 0) is 25.5 Å². The van der Waals surface area contributed by atoms with E-state index in [1.807, 2.05) is 19.9 Å². The van der Waals surface area contributed by atoms with Gasteiger partial charge < -0.3 is 5.73 Å². The van der Waals surface area contributed by atoms with E-state index in [0.717, 1.165) is 22.6 Å². The van der Waals surface area contributed by atoms with Gasteiger partial charge in [0.25, 0.3) is 0 Å². The van der Waals surface area contributed by atoms with E-state index in [1.165, 1.54) is 0 Å². The van der Waals surface area contributed by atoms with E-state index < -0.39 is 0 Å². The van der Waals surface area contributed by atoms with E-state index in [-0.39, 0.29) is 6.04 Å². The first kappa shape index (κ1) is 10.6. The summed E-state index contributed by atoms with van der Waals surface area (Å²) in [5.74, 6) is 0. The van der Waals surface area contributed by atoms with Crippen LogP contribution in [0.25, 0.3) is 0 Å². The fraction of sp³-hybridized carbons (Fsp3) is 0.273. The van der Waals surface area contributed by atoms with E-state index in [2.05, 4.69) is 20.2 Å². The van der Waals surface area contributed by atoms with Crippen LogP contribution in [-0.4, -0.2) is 20.2 Å². The molecule has 5 nitrogen and oxygen atoms in total. The highest BCUT2D eigenvalue weighted by Gasteiger charge is 2.14. The molecule has 2 rings (SSSR count). The standard InChI is InChI=1S/C11H13N5/c1-7-5-9(8(2)16-15-7)11(12)10-6-13-3-4-14-10/h3-6,11H,12H2,1-2H3. The monoisotopic (exact) mass is 215 g/mol. The smallest absolute Gasteiger partial charge is 0.0800 e. The summed E-state index contributed by atoms with van der Waals surface area (Å²) >= 11 is 0. The lowest BCUT2D eigenvalue weighted by atomic mass is 10.0. The molecule has 0 aliphatic heterocycles. The maximum Gasteiger partial charge on any atom is 0.0800 e. The van der Waals surface area contributed by atoms with Crippen LogP contribution in [0.1, 0.15) is 28.7 Å². The van der Waals surface area contributed by atoms with Gasteiger partial charge in [0.05, 0.1) is 29.3 Å². The first-order valence-electron chi connectivity index (χ1n) is 5.01. The maximum atomic E-state index is 6.12. The van der Waals surface area contributed by atoms with E-state index >= 15 is 0 Å². The second-order valence-corrected chi connectivity index (χ2v) is 3.63. The van der Waals surface area contributed by atoms with E-state index in [0.29, 0.717) is 0 Å². The van der Waals surface area contributed by atoms with Gasteiger partial charge in [0.15, 0.2) is 0 Å². The SMILES string of the molecule is Cc1cc(C(N)c2cnccn2)c(C)nn1. The summed E-state index contributed by atoms with van der Waals surface area (Å²) in [6.07, 6.45) is 4.92. The Kier molecular flexibility index (Phi) is 2.87. The quantitative estimate of drug-likeness (QED) is 0.806. The number of nitrogens with zero attached hydrogens (tertiary/aromatic N) is 4. The lowest BCUT2D eigenvalue weighted by Crippen LogP contribution is -2.16. The lowest BCUT2D eigenvalue weighted by molar-refractivity contribution is 0.780. The van der Waals surface area contributed by atoms with Crippen molar-refractivity contribution in [3.8, 4) is 0 Å². The molecular formula is C11H13N5. The van der Waals surface area contributed by atoms with Gasteiger partial charge in [-0.15, -0.1) is 0 Å². The normalized spacial score (nSPS) is 12.4. The summed E-state index contributed by atoms with van der Waals surface area (Å²) in [6.45, 7) is 3.78. The first-order chi connectivity index (χ1) is 7.68. The molecule has 2 N–H and O–H groups in total. The molecule has 0 bridgehead atoms. The zero-order valence-corrected chi connectivity index (χ0v) is 9.25. The molecule has 0 fully saturated rings. The van der Waals surface area contributed by atoms with Crippen LogP contribution in [-0.2, 0) is 0 Å². The molecule has 0 aliphatic carbocycles. The average molecular weight is 215 g/mol. The van der Waals surface area contributed by atoms with Gasteiger partial charge in [0.2, 0.25) is 0 Å². The fourth-order valence-electron chi connectivity index (χ4n) is 1.52. The lowest BCUT2D eigenvalue weighted by Gasteiger charge is -2.12. The Balaban J connectivity index is 2.41. The molecule has 5 heteroatoms. The number of nitrogens with two attached hydrogens (primary N) is 1. The maximum absolute atomic E-state index is 6.12. The van der Waals surface area contributed by atoms with Crippen molar-refractivity contribution in [1.82, 2.24) is 20.2 Å². The van der Waals surface area contributed by atoms with Crippen LogP contribution >= 0.6 is 0 Å². The third-order valence-electron chi connectivity index (χ3n) is 2.38. The van der Waals surface area contributed by atoms with Gasteiger partial charge in [-0.25, -0.2) is 0 Å². The molecule has 2 aromatic rings. The highest BCUT2D eigenvalue weighted by Crippen LogP contribution is 2.19. The third-order valence-corrected chi connectivity index (χ3v) is 2.38. The van der Waals surface area contributed by atoms with Crippen LogP contribution in [0.4, 0.5) is 0 Å². The molecule has 2 aromatic heterocycles. The Morgan fingerprint density at radius 1 is 1.19 bits per heavy atom. The summed E-state index contributed by atoms with van der Waals surface area (Å²) in [4.78, 5) is 8.19. The van der Waals surface area contributed by atoms with Crippen LogP contribution in [0, 0.1) is 13.8 Å². The highest BCUT2D eigenvalue weighted by atomic mass is 15.1. The summed E-state index contributed by atoms with van der Waals surface area (Å²) in [5, 5.41) is 8.02. The van der Waals surface area contributed by atoms with Crippen molar-refractivity contribution in [2.24, 2.45) is 5.73 Å². The van der Waals surface area contributed by atoms with Gasteiger partial charge >= 0.3 is 0 Å². The van der Waals surface area contributed by atoms with Gasteiger partial charge in [0, 0.05) is 12.4 Å². The summed E-state index contributed by atoms with van der Waals surface area (Å²) in [5.41, 5.74) is 9.46. The largest absolute Gasteiger partial charge is 0.319 e. The molecule has 0 saturated heterocycles. The number of hydrogen-bond donors (Lipinski definition) is 1. The van der Waals surface area contributed by atoms with Crippen molar-refractivity contribution in [1.29, 1.82) is 0 Å². The average Bonchev–Trinajstić information content (AvgIpc) is 2.32. The molecule has 2 heterocycles. The van der Waals surface area contributed by atoms with Gasteiger partial charge in [-0.1, -0.05) is 0 Å². The van der Waals surface area contributed by atoms with Crippen LogP contribution in [0.2, 0.25) is 0 Å². The molecule has 0 saturated carbocycles. The molecule has 0 radical (unpaired) electrons. The van der Waals surface area contributed by atoms with Crippen molar-refractivity contribution in [3.05, 3.63) is 47.3 Å². The number of hydrogen-bond acceptors (Lipinski definition) is 5. The van der Waals surface area contributed by atoms with Gasteiger partial charge in [0.1, 0.15) is 0 Å². The Labute approximate surface area is 93.8 Å². The van der Waals surface area contributed by atoms with Crippen LogP contribution in [0.5, 0.6) is 0 Å². The predicted octanol–water partition coefficient (Wildman–Crippen LogP) is 0.932. The zero-order chi connectivity index (χ0) is 11.5. The summed E-state index contributed by atoms with van der Waals surface area (Å²) in [6, 6.07) is 1.63. The molecule has 1 atom stereocenters. The zero-order valence-electron chi connectivity index (χ0n) is 9.25. The van der Waals surface area contributed by atoms with E-state index in [4.69, 9.17) is 5.73 Å². The second-order valence-electron chi connectivity index (χ2n) is 3.63. The van der Waals surface area contributed by atoms with Crippen molar-refractivity contribution >= 4 is 0 Å². The van der Waals surface area contributed by atoms with Crippen LogP contribution < -0.4 is 5.73 Å². The van der Waals surface area contributed by atoms with Crippen LogP contribution in [0.15, 0.2) is 24.7 Å². The Hall–Kier alpha value is -1.88. The van der Waals surface area contributed by atoms with Crippen LogP contribution in [0.3, 0.4) is 0 Å². The molecule has 16 heavy (non-hydrogen) atoms. The Morgan fingerprint density at radius 2 is 2.00 bits per heavy atom. The summed E-state index contributed by atoms with van der Waals surface area (Å²) < 4.78 is 0. The third kappa shape index (κ3) is 2.04. The van der Waals surface area contributed by atoms with E-state index in [9.17, 15) is 0 Å². The number of rotatable bonds is 2. The molecule has 0 aliphatic rings. The van der Waals surface area contributed by atoms with Crippen molar-refractivity contribution in [2.75, 3.05) is 0 Å². The molecule has 82 valence electrons. The van der Waals surface area contributed by atoms with Gasteiger partial charge in [-0.3, -0.25) is 9.97 Å². The molecule has 0 aromatic carbocycles. The highest BCUT2D eigenvalue weighted by molar-refractivity contribution is 5.29. The Bertz CT molecular complexity index is 483. The minimum atomic E-state index is -0.303. The molecule has 1 unspecified atom stereocenters. The minimum absolute atomic E-state index is 0.303. The first-order valence-corrected chi connectivity index (χ1v) is 5.01. The molecule has 0 amide bonds. The predicted molar refractivity (Wildman–Crippen MR) is 59.6 cm³/mol. The van der Waals surface area contributed by atoms with Gasteiger partial charge in [-0.2, -0.15) is 10.2 Å². The Morgan fingerprint density at radius 3 is 2.69 bits per heavy atom. The number of aryl methyl sites for hydroxylation is 2. The molecular weight excluding hydrogens is 202 g/mol. The van der Waals surface area contributed by atoms with Crippen molar-refractivity contribution in [2.45, 2.75) is 19.9 Å². The topological polar surface area (TPSA) is 77.6 Å². The van der Waals surface area contributed by atoms with Crippen molar-refractivity contribution in [3.63, 3.8) is 0 Å². The minimum Gasteiger partial charge on any atom is -0.319 e. The second kappa shape index (κ2) is 4.32. The van der Waals surface area contributed by atoms with E-state index in [1.54, 1.807) is 18.6 Å². The number of aromatic nitrogens is 4. The molecule has 0 spiro atoms. The summed E-state index contributed by atoms with van der Waals surface area (Å²) in [7, 11) is 0. The van der Waals surface area contributed by atoms with Crippen molar-refractivity contribution < 1.29 is 0 Å².